The molecule has 0 bridgehead atoms. The summed E-state index contributed by atoms with van der Waals surface area (Å²) in [5.41, 5.74) is 9.50. The summed E-state index contributed by atoms with van der Waals surface area (Å²) in [6.45, 7) is 1.84. The lowest BCUT2D eigenvalue weighted by Crippen LogP contribution is -2.31. The van der Waals surface area contributed by atoms with Gasteiger partial charge in [-0.25, -0.2) is 13.1 Å². The first-order valence-corrected chi connectivity index (χ1v) is 9.40. The molecule has 0 saturated heterocycles. The zero-order chi connectivity index (χ0) is 16.6. The van der Waals surface area contributed by atoms with Crippen LogP contribution in [-0.2, 0) is 16.4 Å². The maximum absolute atomic E-state index is 12.6. The highest BCUT2D eigenvalue weighted by atomic mass is 35.5. The van der Waals surface area contributed by atoms with E-state index >= 15 is 0 Å². The molecule has 0 radical (unpaired) electrons. The van der Waals surface area contributed by atoms with Gasteiger partial charge in [-0.05, 0) is 67.1 Å². The zero-order valence-electron chi connectivity index (χ0n) is 12.8. The van der Waals surface area contributed by atoms with Gasteiger partial charge >= 0.3 is 0 Å². The maximum Gasteiger partial charge on any atom is 0.241 e. The van der Waals surface area contributed by atoms with Crippen molar-refractivity contribution in [3.8, 4) is 0 Å². The summed E-state index contributed by atoms with van der Waals surface area (Å²) in [6, 6.07) is 10.2. The predicted molar refractivity (Wildman–Crippen MR) is 93.0 cm³/mol. The number of fused-ring (bicyclic) bond motifs is 1. The van der Waals surface area contributed by atoms with Crippen LogP contribution in [0.15, 0.2) is 41.3 Å². The van der Waals surface area contributed by atoms with Crippen molar-refractivity contribution in [3.63, 3.8) is 0 Å². The Morgan fingerprint density at radius 2 is 2.00 bits per heavy atom. The number of aryl methyl sites for hydroxylation is 2. The molecule has 0 heterocycles. The van der Waals surface area contributed by atoms with Crippen LogP contribution in [-0.4, -0.2) is 8.42 Å². The van der Waals surface area contributed by atoms with E-state index in [2.05, 4.69) is 4.72 Å². The Kier molecular flexibility index (Phi) is 4.36. The number of halogens is 1. The Morgan fingerprint density at radius 1 is 1.22 bits per heavy atom. The second-order valence-corrected chi connectivity index (χ2v) is 8.06. The van der Waals surface area contributed by atoms with Crippen LogP contribution in [0.4, 0.5) is 5.69 Å². The molecule has 0 amide bonds. The van der Waals surface area contributed by atoms with Crippen LogP contribution < -0.4 is 10.5 Å². The average molecular weight is 351 g/mol. The first-order valence-electron chi connectivity index (χ1n) is 7.53. The van der Waals surface area contributed by atoms with Crippen LogP contribution in [0.1, 0.15) is 35.6 Å². The monoisotopic (exact) mass is 350 g/mol. The number of rotatable bonds is 3. The van der Waals surface area contributed by atoms with E-state index in [-0.39, 0.29) is 10.9 Å². The Hall–Kier alpha value is -1.56. The topological polar surface area (TPSA) is 72.2 Å². The molecule has 2 aromatic rings. The minimum Gasteiger partial charge on any atom is -0.399 e. The van der Waals surface area contributed by atoms with Crippen LogP contribution in [0.5, 0.6) is 0 Å². The van der Waals surface area contributed by atoms with Crippen LogP contribution >= 0.6 is 11.6 Å². The smallest absolute Gasteiger partial charge is 0.241 e. The van der Waals surface area contributed by atoms with E-state index in [1.807, 2.05) is 25.1 Å². The molecule has 1 unspecified atom stereocenters. The largest absolute Gasteiger partial charge is 0.399 e. The molecule has 4 nitrogen and oxygen atoms in total. The summed E-state index contributed by atoms with van der Waals surface area (Å²) >= 11 is 6.06. The van der Waals surface area contributed by atoms with Gasteiger partial charge in [0.15, 0.2) is 0 Å². The van der Waals surface area contributed by atoms with Crippen LogP contribution in [0.3, 0.4) is 0 Å². The average Bonchev–Trinajstić information content (AvgIpc) is 2.49. The standard InChI is InChI=1S/C17H19ClN2O2S/c1-11-5-7-14(10-16(11)18)23(21,22)20-17-4-2-3-12-9-13(19)6-8-15(12)17/h5-10,17,20H,2-4,19H2,1H3. The molecular weight excluding hydrogens is 332 g/mol. The lowest BCUT2D eigenvalue weighted by atomic mass is 9.88. The SMILES string of the molecule is Cc1ccc(S(=O)(=O)NC2CCCc3cc(N)ccc32)cc1Cl. The minimum atomic E-state index is -3.62. The van der Waals surface area contributed by atoms with Gasteiger partial charge < -0.3 is 5.73 Å². The number of benzene rings is 2. The van der Waals surface area contributed by atoms with Gasteiger partial charge in [-0.1, -0.05) is 23.7 Å². The number of nitrogen functional groups attached to an aromatic ring is 1. The van der Waals surface area contributed by atoms with Gasteiger partial charge in [-0.3, -0.25) is 0 Å². The van der Waals surface area contributed by atoms with Crippen molar-refractivity contribution in [2.45, 2.75) is 37.1 Å². The normalized spacial score (nSPS) is 17.7. The molecule has 1 atom stereocenters. The third kappa shape index (κ3) is 3.37. The second kappa shape index (κ2) is 6.15. The molecule has 3 rings (SSSR count). The Morgan fingerprint density at radius 3 is 2.74 bits per heavy atom. The van der Waals surface area contributed by atoms with Crippen molar-refractivity contribution in [1.82, 2.24) is 4.72 Å². The fraction of sp³-hybridized carbons (Fsp3) is 0.294. The summed E-state index contributed by atoms with van der Waals surface area (Å²) in [5, 5.41) is 0.449. The van der Waals surface area contributed by atoms with E-state index < -0.39 is 10.0 Å². The molecule has 1 aliphatic carbocycles. The van der Waals surface area contributed by atoms with Gasteiger partial charge in [-0.15, -0.1) is 0 Å². The summed E-state index contributed by atoms with van der Waals surface area (Å²) in [7, 11) is -3.62. The second-order valence-electron chi connectivity index (χ2n) is 5.94. The molecule has 0 saturated carbocycles. The van der Waals surface area contributed by atoms with Crippen molar-refractivity contribution in [2.24, 2.45) is 0 Å². The van der Waals surface area contributed by atoms with E-state index in [9.17, 15) is 8.42 Å². The molecule has 3 N–H and O–H groups in total. The van der Waals surface area contributed by atoms with Gasteiger partial charge in [-0.2, -0.15) is 0 Å². The Labute approximate surface area is 141 Å². The minimum absolute atomic E-state index is 0.190. The quantitative estimate of drug-likeness (QED) is 0.831. The van der Waals surface area contributed by atoms with E-state index in [1.54, 1.807) is 12.1 Å². The van der Waals surface area contributed by atoms with Gasteiger partial charge in [0.25, 0.3) is 0 Å². The Balaban J connectivity index is 1.91. The lowest BCUT2D eigenvalue weighted by Gasteiger charge is -2.26. The predicted octanol–water partition coefficient (Wildman–Crippen LogP) is 3.59. The molecule has 122 valence electrons. The van der Waals surface area contributed by atoms with Crippen molar-refractivity contribution < 1.29 is 8.42 Å². The highest BCUT2D eigenvalue weighted by Crippen LogP contribution is 2.32. The first-order chi connectivity index (χ1) is 10.9. The van der Waals surface area contributed by atoms with Crippen LogP contribution in [0.2, 0.25) is 5.02 Å². The van der Waals surface area contributed by atoms with Gasteiger partial charge in [0.1, 0.15) is 0 Å². The van der Waals surface area contributed by atoms with E-state index in [0.29, 0.717) is 10.7 Å². The molecule has 0 aliphatic heterocycles. The van der Waals surface area contributed by atoms with E-state index in [1.165, 1.54) is 6.07 Å². The number of hydrogen-bond acceptors (Lipinski definition) is 3. The third-order valence-electron chi connectivity index (χ3n) is 4.23. The van der Waals surface area contributed by atoms with Crippen molar-refractivity contribution >= 4 is 27.3 Å². The number of nitrogens with two attached hydrogens (primary N) is 1. The molecule has 1 aliphatic rings. The molecule has 23 heavy (non-hydrogen) atoms. The summed E-state index contributed by atoms with van der Waals surface area (Å²) in [5.74, 6) is 0. The third-order valence-corrected chi connectivity index (χ3v) is 6.11. The molecule has 0 aromatic heterocycles. The van der Waals surface area contributed by atoms with Gasteiger partial charge in [0, 0.05) is 16.8 Å². The van der Waals surface area contributed by atoms with Crippen molar-refractivity contribution in [3.05, 3.63) is 58.1 Å². The number of sulfonamides is 1. The highest BCUT2D eigenvalue weighted by Gasteiger charge is 2.26. The molecular formula is C17H19ClN2O2S. The van der Waals surface area contributed by atoms with Gasteiger partial charge in [0.05, 0.1) is 4.90 Å². The van der Waals surface area contributed by atoms with Crippen LogP contribution in [0, 0.1) is 6.92 Å². The van der Waals surface area contributed by atoms with Gasteiger partial charge in [0.2, 0.25) is 10.0 Å². The fourth-order valence-corrected chi connectivity index (χ4v) is 4.47. The molecule has 6 heteroatoms. The molecule has 0 fully saturated rings. The van der Waals surface area contributed by atoms with E-state index in [4.69, 9.17) is 17.3 Å². The number of anilines is 1. The highest BCUT2D eigenvalue weighted by molar-refractivity contribution is 7.89. The number of hydrogen-bond donors (Lipinski definition) is 2. The summed E-state index contributed by atoms with van der Waals surface area (Å²) < 4.78 is 28.1. The Bertz CT molecular complexity index is 850. The summed E-state index contributed by atoms with van der Waals surface area (Å²) in [6.07, 6.45) is 2.63. The van der Waals surface area contributed by atoms with E-state index in [0.717, 1.165) is 36.0 Å². The van der Waals surface area contributed by atoms with Crippen LogP contribution in [0.25, 0.3) is 0 Å². The fourth-order valence-electron chi connectivity index (χ4n) is 2.95. The first kappa shape index (κ1) is 16.3. The zero-order valence-corrected chi connectivity index (χ0v) is 14.4. The van der Waals surface area contributed by atoms with Crippen molar-refractivity contribution in [2.75, 3.05) is 5.73 Å². The summed E-state index contributed by atoms with van der Waals surface area (Å²) in [4.78, 5) is 0.190. The molecule has 2 aromatic carbocycles. The van der Waals surface area contributed by atoms with Crippen molar-refractivity contribution in [1.29, 1.82) is 0 Å². The number of nitrogens with one attached hydrogen (secondary N) is 1. The maximum atomic E-state index is 12.6. The molecule has 0 spiro atoms. The lowest BCUT2D eigenvalue weighted by molar-refractivity contribution is 0.507.